The van der Waals surface area contributed by atoms with Gasteiger partial charge in [-0.2, -0.15) is 0 Å². The third-order valence-corrected chi connectivity index (χ3v) is 5.36. The average Bonchev–Trinajstić information content (AvgIpc) is 2.79. The van der Waals surface area contributed by atoms with Crippen molar-refractivity contribution in [2.75, 3.05) is 26.0 Å². The molecule has 3 aromatic rings. The number of benzene rings is 2. The molecule has 0 spiro atoms. The predicted octanol–water partition coefficient (Wildman–Crippen LogP) is 3.74. The van der Waals surface area contributed by atoms with Crippen molar-refractivity contribution in [3.8, 4) is 18.1 Å². The lowest BCUT2D eigenvalue weighted by Gasteiger charge is -2.24. The number of halogens is 2. The monoisotopic (exact) mass is 455 g/mol. The number of amides is 1. The van der Waals surface area contributed by atoms with Crippen LogP contribution in [0.4, 0.5) is 15.9 Å². The summed E-state index contributed by atoms with van der Waals surface area (Å²) in [6, 6.07) is 7.91. The number of aromatic nitrogens is 2. The van der Waals surface area contributed by atoms with Crippen LogP contribution in [-0.2, 0) is 11.3 Å². The van der Waals surface area contributed by atoms with Crippen molar-refractivity contribution in [2.24, 2.45) is 0 Å². The number of nitrogens with zero attached hydrogens (tertiary/aromatic N) is 3. The number of anilines is 2. The Morgan fingerprint density at radius 1 is 1.38 bits per heavy atom. The highest BCUT2D eigenvalue weighted by atomic mass is 35.5. The summed E-state index contributed by atoms with van der Waals surface area (Å²) < 4.78 is 19.9. The lowest BCUT2D eigenvalue weighted by Crippen LogP contribution is -2.43. The van der Waals surface area contributed by atoms with Gasteiger partial charge in [-0.15, -0.1) is 6.42 Å². The van der Waals surface area contributed by atoms with Crippen molar-refractivity contribution in [3.63, 3.8) is 0 Å². The number of fused-ring (bicyclic) bond motifs is 1. The minimum absolute atomic E-state index is 0.00874. The Hall–Kier alpha value is -3.41. The predicted molar refractivity (Wildman–Crippen MR) is 124 cm³/mol. The van der Waals surface area contributed by atoms with Crippen molar-refractivity contribution in [1.29, 1.82) is 0 Å². The number of carbonyl (C=O) groups excluding carboxylic acids is 1. The third kappa shape index (κ3) is 5.07. The molecule has 0 bridgehead atoms. The van der Waals surface area contributed by atoms with Crippen LogP contribution in [0.3, 0.4) is 0 Å². The summed E-state index contributed by atoms with van der Waals surface area (Å²) in [5, 5.41) is 6.35. The summed E-state index contributed by atoms with van der Waals surface area (Å²) in [5.74, 6) is 2.68. The number of hydrogen-bond donors (Lipinski definition) is 2. The highest BCUT2D eigenvalue weighted by Gasteiger charge is 2.20. The molecule has 0 aliphatic carbocycles. The Morgan fingerprint density at radius 2 is 2.16 bits per heavy atom. The summed E-state index contributed by atoms with van der Waals surface area (Å²) in [5.41, 5.74) is 1.63. The third-order valence-electron chi connectivity index (χ3n) is 5.07. The second-order valence-corrected chi connectivity index (χ2v) is 7.55. The standard InChI is InChI=1S/C23H23ClFN5O2/c1-5-9-26-23(31)14(2)30(3)12-15-10-16-19(11-20(15)32-4)27-13-28-22(16)29-18-8-6-7-17(24)21(18)25/h1,6-8,10-11,13-14H,9,12H2,2-4H3,(H,26,31)(H,27,28,29)/t14-/m1/s1. The number of ether oxygens (including phenoxy) is 1. The van der Waals surface area contributed by atoms with E-state index in [0.717, 1.165) is 5.56 Å². The molecular weight excluding hydrogens is 433 g/mol. The molecule has 1 amide bonds. The summed E-state index contributed by atoms with van der Waals surface area (Å²) in [6.45, 7) is 2.36. The van der Waals surface area contributed by atoms with Gasteiger partial charge in [-0.05, 0) is 32.2 Å². The number of nitrogens with one attached hydrogen (secondary N) is 2. The van der Waals surface area contributed by atoms with Crippen LogP contribution in [0.25, 0.3) is 10.9 Å². The van der Waals surface area contributed by atoms with E-state index in [9.17, 15) is 9.18 Å². The van der Waals surface area contributed by atoms with Gasteiger partial charge in [-0.25, -0.2) is 14.4 Å². The van der Waals surface area contributed by atoms with Crippen LogP contribution in [-0.4, -0.2) is 47.5 Å². The first kappa shape index (κ1) is 23.3. The van der Waals surface area contributed by atoms with E-state index in [-0.39, 0.29) is 23.2 Å². The van der Waals surface area contributed by atoms with E-state index in [0.29, 0.717) is 29.0 Å². The topological polar surface area (TPSA) is 79.4 Å². The molecule has 0 unspecified atom stereocenters. The van der Waals surface area contributed by atoms with Gasteiger partial charge in [0.1, 0.15) is 17.9 Å². The van der Waals surface area contributed by atoms with Crippen LogP contribution >= 0.6 is 11.6 Å². The van der Waals surface area contributed by atoms with Crippen LogP contribution in [0.15, 0.2) is 36.7 Å². The number of methoxy groups -OCH3 is 1. The van der Waals surface area contributed by atoms with Crippen LogP contribution < -0.4 is 15.4 Å². The molecule has 3 rings (SSSR count). The fraction of sp³-hybridized carbons (Fsp3) is 0.261. The highest BCUT2D eigenvalue weighted by molar-refractivity contribution is 6.31. The minimum atomic E-state index is -0.568. The van der Waals surface area contributed by atoms with E-state index in [1.54, 1.807) is 32.2 Å². The van der Waals surface area contributed by atoms with E-state index in [4.69, 9.17) is 22.8 Å². The summed E-state index contributed by atoms with van der Waals surface area (Å²) in [6.07, 6.45) is 6.60. The summed E-state index contributed by atoms with van der Waals surface area (Å²) in [4.78, 5) is 22.7. The molecule has 0 saturated heterocycles. The first-order chi connectivity index (χ1) is 15.3. The lowest BCUT2D eigenvalue weighted by atomic mass is 10.1. The van der Waals surface area contributed by atoms with Crippen molar-refractivity contribution in [1.82, 2.24) is 20.2 Å². The molecule has 0 aliphatic rings. The van der Waals surface area contributed by atoms with E-state index in [1.165, 1.54) is 12.4 Å². The molecular formula is C23H23ClFN5O2. The van der Waals surface area contributed by atoms with Crippen LogP contribution in [0.1, 0.15) is 12.5 Å². The Bertz CT molecular complexity index is 1180. The number of likely N-dealkylation sites (N-methyl/N-ethyl adjacent to an activating group) is 1. The molecule has 2 aromatic carbocycles. The smallest absolute Gasteiger partial charge is 0.237 e. The SMILES string of the molecule is C#CCNC(=O)[C@@H](C)N(C)Cc1cc2c(Nc3cccc(Cl)c3F)ncnc2cc1OC. The zero-order valence-electron chi connectivity index (χ0n) is 17.9. The van der Waals surface area contributed by atoms with E-state index in [2.05, 4.69) is 26.5 Å². The molecule has 2 N–H and O–H groups in total. The second-order valence-electron chi connectivity index (χ2n) is 7.14. The maximum absolute atomic E-state index is 14.4. The van der Waals surface area contributed by atoms with E-state index < -0.39 is 11.9 Å². The molecule has 7 nitrogen and oxygen atoms in total. The van der Waals surface area contributed by atoms with Gasteiger partial charge >= 0.3 is 0 Å². The highest BCUT2D eigenvalue weighted by Crippen LogP contribution is 2.32. The minimum Gasteiger partial charge on any atom is -0.496 e. The lowest BCUT2D eigenvalue weighted by molar-refractivity contribution is -0.125. The van der Waals surface area contributed by atoms with Crippen LogP contribution in [0, 0.1) is 18.2 Å². The molecule has 32 heavy (non-hydrogen) atoms. The van der Waals surface area contributed by atoms with Crippen LogP contribution in [0.2, 0.25) is 5.02 Å². The van der Waals surface area contributed by atoms with Gasteiger partial charge in [0.05, 0.1) is 35.9 Å². The van der Waals surface area contributed by atoms with Gasteiger partial charge in [0, 0.05) is 23.6 Å². The zero-order chi connectivity index (χ0) is 23.3. The van der Waals surface area contributed by atoms with E-state index in [1.807, 2.05) is 18.0 Å². The first-order valence-electron chi connectivity index (χ1n) is 9.79. The van der Waals surface area contributed by atoms with Crippen molar-refractivity contribution < 1.29 is 13.9 Å². The van der Waals surface area contributed by atoms with Gasteiger partial charge in [0.25, 0.3) is 0 Å². The molecule has 1 aromatic heterocycles. The molecule has 0 aliphatic heterocycles. The van der Waals surface area contributed by atoms with Gasteiger partial charge in [-0.1, -0.05) is 23.6 Å². The van der Waals surface area contributed by atoms with Crippen LogP contribution in [0.5, 0.6) is 5.75 Å². The first-order valence-corrected chi connectivity index (χ1v) is 10.2. The Morgan fingerprint density at radius 3 is 2.88 bits per heavy atom. The van der Waals surface area contributed by atoms with Crippen molar-refractivity contribution >= 4 is 39.9 Å². The maximum Gasteiger partial charge on any atom is 0.237 e. The number of carbonyl (C=O) groups is 1. The second kappa shape index (κ2) is 10.3. The zero-order valence-corrected chi connectivity index (χ0v) is 18.7. The van der Waals surface area contributed by atoms with Gasteiger partial charge in [0.2, 0.25) is 5.91 Å². The van der Waals surface area contributed by atoms with Crippen molar-refractivity contribution in [2.45, 2.75) is 19.5 Å². The largest absolute Gasteiger partial charge is 0.496 e. The molecule has 0 saturated carbocycles. The maximum atomic E-state index is 14.4. The molecule has 0 radical (unpaired) electrons. The van der Waals surface area contributed by atoms with Gasteiger partial charge < -0.3 is 15.4 Å². The molecule has 9 heteroatoms. The molecule has 166 valence electrons. The van der Waals surface area contributed by atoms with Crippen molar-refractivity contribution in [3.05, 3.63) is 53.1 Å². The Kier molecular flexibility index (Phi) is 7.46. The summed E-state index contributed by atoms with van der Waals surface area (Å²) in [7, 11) is 3.39. The normalized spacial score (nSPS) is 11.8. The van der Waals surface area contributed by atoms with Gasteiger partial charge in [-0.3, -0.25) is 9.69 Å². The quantitative estimate of drug-likeness (QED) is 0.504. The fourth-order valence-corrected chi connectivity index (χ4v) is 3.34. The number of terminal acetylenes is 1. The molecule has 1 atom stereocenters. The average molecular weight is 456 g/mol. The molecule has 0 fully saturated rings. The Labute approximate surface area is 190 Å². The van der Waals surface area contributed by atoms with Gasteiger partial charge in [0.15, 0.2) is 5.82 Å². The number of hydrogen-bond acceptors (Lipinski definition) is 6. The van der Waals surface area contributed by atoms with E-state index >= 15 is 0 Å². The fourth-order valence-electron chi connectivity index (χ4n) is 3.16. The molecule has 1 heterocycles. The summed E-state index contributed by atoms with van der Waals surface area (Å²) >= 11 is 5.89. The Balaban J connectivity index is 1.95. The number of rotatable bonds is 8.